The average Bonchev–Trinajstić information content (AvgIpc) is 2.47. The molecule has 3 rings (SSSR count). The van der Waals surface area contributed by atoms with Gasteiger partial charge in [-0.2, -0.15) is 0 Å². The monoisotopic (exact) mass is 268 g/mol. The van der Waals surface area contributed by atoms with Gasteiger partial charge >= 0.3 is 0 Å². The Hall–Kier alpha value is -1.57. The lowest BCUT2D eigenvalue weighted by molar-refractivity contribution is 0.274. The van der Waals surface area contributed by atoms with Crippen LogP contribution in [0.4, 0.5) is 5.82 Å². The maximum atomic E-state index is 4.66. The lowest BCUT2D eigenvalue weighted by atomic mass is 9.81. The molecular formula is C18H24N2. The molecule has 1 heterocycles. The van der Waals surface area contributed by atoms with E-state index in [0.29, 0.717) is 0 Å². The molecule has 106 valence electrons. The molecule has 1 N–H and O–H groups in total. The summed E-state index contributed by atoms with van der Waals surface area (Å²) in [6, 6.07) is 12.5. The summed E-state index contributed by atoms with van der Waals surface area (Å²) in [6.07, 6.45) is 6.94. The Morgan fingerprint density at radius 3 is 2.95 bits per heavy atom. The molecule has 2 aromatic rings. The van der Waals surface area contributed by atoms with E-state index in [4.69, 9.17) is 0 Å². The highest BCUT2D eigenvalue weighted by molar-refractivity contribution is 5.79. The Morgan fingerprint density at radius 1 is 1.15 bits per heavy atom. The first-order valence-corrected chi connectivity index (χ1v) is 7.91. The maximum Gasteiger partial charge on any atom is 0.126 e. The van der Waals surface area contributed by atoms with Gasteiger partial charge in [0.25, 0.3) is 0 Å². The number of benzene rings is 1. The van der Waals surface area contributed by atoms with Gasteiger partial charge in [0.2, 0.25) is 0 Å². The molecule has 1 saturated carbocycles. The normalized spacial score (nSPS) is 22.9. The number of para-hydroxylation sites is 1. The van der Waals surface area contributed by atoms with Crippen molar-refractivity contribution in [1.82, 2.24) is 4.98 Å². The fourth-order valence-electron chi connectivity index (χ4n) is 3.39. The van der Waals surface area contributed by atoms with Crippen LogP contribution in [-0.4, -0.2) is 11.5 Å². The summed E-state index contributed by atoms with van der Waals surface area (Å²) in [7, 11) is 0. The zero-order chi connectivity index (χ0) is 13.8. The Labute approximate surface area is 121 Å². The number of aromatic nitrogens is 1. The Bertz CT molecular complexity index is 564. The second-order valence-corrected chi connectivity index (χ2v) is 6.24. The van der Waals surface area contributed by atoms with E-state index in [-0.39, 0.29) is 0 Å². The molecule has 2 nitrogen and oxygen atoms in total. The van der Waals surface area contributed by atoms with Gasteiger partial charge in [-0.3, -0.25) is 0 Å². The van der Waals surface area contributed by atoms with Gasteiger partial charge in [0.1, 0.15) is 5.82 Å². The van der Waals surface area contributed by atoms with E-state index in [2.05, 4.69) is 47.6 Å². The third-order valence-corrected chi connectivity index (χ3v) is 4.50. The minimum Gasteiger partial charge on any atom is -0.370 e. The van der Waals surface area contributed by atoms with Crippen molar-refractivity contribution in [2.24, 2.45) is 11.8 Å². The number of pyridine rings is 1. The smallest absolute Gasteiger partial charge is 0.126 e. The summed E-state index contributed by atoms with van der Waals surface area (Å²) >= 11 is 0. The van der Waals surface area contributed by atoms with E-state index in [1.807, 2.05) is 6.07 Å². The summed E-state index contributed by atoms with van der Waals surface area (Å²) in [5.41, 5.74) is 1.07. The van der Waals surface area contributed by atoms with Crippen LogP contribution in [0.25, 0.3) is 10.9 Å². The van der Waals surface area contributed by atoms with Crippen LogP contribution in [-0.2, 0) is 0 Å². The number of anilines is 1. The standard InChI is InChI=1S/C18H24N2/c1-14-5-4-6-15(13-14)11-12-19-18-10-9-16-7-2-3-8-17(16)20-18/h2-3,7-10,14-15H,4-6,11-13H2,1H3,(H,19,20). The average molecular weight is 268 g/mol. The van der Waals surface area contributed by atoms with Gasteiger partial charge in [-0.1, -0.05) is 44.4 Å². The molecule has 20 heavy (non-hydrogen) atoms. The van der Waals surface area contributed by atoms with E-state index in [1.165, 1.54) is 37.5 Å². The number of hydrogen-bond acceptors (Lipinski definition) is 2. The fraction of sp³-hybridized carbons (Fsp3) is 0.500. The molecule has 0 amide bonds. The first-order chi connectivity index (χ1) is 9.81. The van der Waals surface area contributed by atoms with Crippen molar-refractivity contribution in [1.29, 1.82) is 0 Å². The summed E-state index contributed by atoms with van der Waals surface area (Å²) in [6.45, 7) is 3.44. The Balaban J connectivity index is 1.54. The lowest BCUT2D eigenvalue weighted by Crippen LogP contribution is -2.16. The lowest BCUT2D eigenvalue weighted by Gasteiger charge is -2.26. The van der Waals surface area contributed by atoms with E-state index in [0.717, 1.165) is 29.7 Å². The zero-order valence-corrected chi connectivity index (χ0v) is 12.3. The predicted molar refractivity (Wildman–Crippen MR) is 86.0 cm³/mol. The van der Waals surface area contributed by atoms with Crippen molar-refractivity contribution in [3.63, 3.8) is 0 Å². The van der Waals surface area contributed by atoms with Crippen LogP contribution in [0.5, 0.6) is 0 Å². The largest absolute Gasteiger partial charge is 0.370 e. The van der Waals surface area contributed by atoms with Gasteiger partial charge in [0, 0.05) is 11.9 Å². The molecule has 1 aromatic carbocycles. The molecule has 0 saturated heterocycles. The van der Waals surface area contributed by atoms with E-state index in [9.17, 15) is 0 Å². The van der Waals surface area contributed by atoms with Crippen LogP contribution >= 0.6 is 0 Å². The molecule has 1 fully saturated rings. The summed E-state index contributed by atoms with van der Waals surface area (Å²) < 4.78 is 0. The van der Waals surface area contributed by atoms with Crippen molar-refractivity contribution >= 4 is 16.7 Å². The maximum absolute atomic E-state index is 4.66. The molecule has 0 spiro atoms. The highest BCUT2D eigenvalue weighted by atomic mass is 15.0. The van der Waals surface area contributed by atoms with Gasteiger partial charge in [0.15, 0.2) is 0 Å². The Kier molecular flexibility index (Phi) is 4.19. The quantitative estimate of drug-likeness (QED) is 0.856. The third-order valence-electron chi connectivity index (χ3n) is 4.50. The van der Waals surface area contributed by atoms with Crippen LogP contribution in [0.3, 0.4) is 0 Å². The number of fused-ring (bicyclic) bond motifs is 1. The van der Waals surface area contributed by atoms with Crippen LogP contribution < -0.4 is 5.32 Å². The van der Waals surface area contributed by atoms with Crippen LogP contribution in [0, 0.1) is 11.8 Å². The van der Waals surface area contributed by atoms with Crippen molar-refractivity contribution < 1.29 is 0 Å². The SMILES string of the molecule is CC1CCCC(CCNc2ccc3ccccc3n2)C1. The molecule has 2 heteroatoms. The fourth-order valence-corrected chi connectivity index (χ4v) is 3.39. The van der Waals surface area contributed by atoms with Gasteiger partial charge < -0.3 is 5.32 Å². The number of hydrogen-bond donors (Lipinski definition) is 1. The van der Waals surface area contributed by atoms with Crippen molar-refractivity contribution in [2.45, 2.75) is 39.0 Å². The molecule has 1 aliphatic carbocycles. The first-order valence-electron chi connectivity index (χ1n) is 7.91. The van der Waals surface area contributed by atoms with Gasteiger partial charge in [0.05, 0.1) is 5.52 Å². The van der Waals surface area contributed by atoms with Crippen molar-refractivity contribution in [3.8, 4) is 0 Å². The van der Waals surface area contributed by atoms with Crippen molar-refractivity contribution in [2.75, 3.05) is 11.9 Å². The highest BCUT2D eigenvalue weighted by Crippen LogP contribution is 2.30. The molecule has 0 radical (unpaired) electrons. The predicted octanol–water partition coefficient (Wildman–Crippen LogP) is 4.86. The third kappa shape index (κ3) is 3.30. The summed E-state index contributed by atoms with van der Waals surface area (Å²) in [5.74, 6) is 2.84. The topological polar surface area (TPSA) is 24.9 Å². The molecule has 1 aromatic heterocycles. The molecule has 0 bridgehead atoms. The van der Waals surface area contributed by atoms with Gasteiger partial charge in [-0.15, -0.1) is 0 Å². The minimum atomic E-state index is 0.909. The van der Waals surface area contributed by atoms with Crippen LogP contribution in [0.1, 0.15) is 39.0 Å². The number of rotatable bonds is 4. The van der Waals surface area contributed by atoms with Gasteiger partial charge in [-0.05, 0) is 42.9 Å². The molecule has 0 aliphatic heterocycles. The Morgan fingerprint density at radius 2 is 2.05 bits per heavy atom. The van der Waals surface area contributed by atoms with Gasteiger partial charge in [-0.25, -0.2) is 4.98 Å². The van der Waals surface area contributed by atoms with E-state index >= 15 is 0 Å². The van der Waals surface area contributed by atoms with E-state index in [1.54, 1.807) is 0 Å². The highest BCUT2D eigenvalue weighted by Gasteiger charge is 2.18. The molecule has 2 unspecified atom stereocenters. The second kappa shape index (κ2) is 6.25. The van der Waals surface area contributed by atoms with Crippen molar-refractivity contribution in [3.05, 3.63) is 36.4 Å². The number of nitrogens with zero attached hydrogens (tertiary/aromatic N) is 1. The minimum absolute atomic E-state index is 0.909. The van der Waals surface area contributed by atoms with Crippen LogP contribution in [0.15, 0.2) is 36.4 Å². The molecule has 2 atom stereocenters. The zero-order valence-electron chi connectivity index (χ0n) is 12.3. The second-order valence-electron chi connectivity index (χ2n) is 6.24. The van der Waals surface area contributed by atoms with Crippen LogP contribution in [0.2, 0.25) is 0 Å². The number of nitrogens with one attached hydrogen (secondary N) is 1. The summed E-state index contributed by atoms with van der Waals surface area (Å²) in [4.78, 5) is 4.66. The van der Waals surface area contributed by atoms with E-state index < -0.39 is 0 Å². The first kappa shape index (κ1) is 13.4. The molecular weight excluding hydrogens is 244 g/mol. The summed E-state index contributed by atoms with van der Waals surface area (Å²) in [5, 5.41) is 4.70. The molecule has 1 aliphatic rings.